The maximum absolute atomic E-state index is 13.0. The van der Waals surface area contributed by atoms with Crippen LogP contribution in [0, 0.1) is 5.92 Å². The molecular formula is C18H21N3O5S. The normalized spacial score (nSPS) is 27.3. The van der Waals surface area contributed by atoms with Crippen LogP contribution in [0.1, 0.15) is 12.8 Å². The molecule has 1 unspecified atom stereocenters. The van der Waals surface area contributed by atoms with Gasteiger partial charge in [-0.05, 0) is 25.0 Å². The lowest BCUT2D eigenvalue weighted by Crippen LogP contribution is -2.72. The molecule has 1 saturated carbocycles. The van der Waals surface area contributed by atoms with Crippen LogP contribution >= 0.6 is 0 Å². The third-order valence-corrected chi connectivity index (χ3v) is 7.89. The lowest BCUT2D eigenvalue weighted by atomic mass is 9.84. The molecule has 4 aliphatic rings. The number of amides is 2. The molecule has 0 bridgehead atoms. The van der Waals surface area contributed by atoms with Crippen molar-refractivity contribution in [1.29, 1.82) is 0 Å². The highest BCUT2D eigenvalue weighted by molar-refractivity contribution is 7.89. The lowest BCUT2D eigenvalue weighted by Gasteiger charge is -2.51. The summed E-state index contributed by atoms with van der Waals surface area (Å²) in [4.78, 5) is 28.1. The van der Waals surface area contributed by atoms with Crippen molar-refractivity contribution in [3.8, 4) is 0 Å². The Kier molecular flexibility index (Phi) is 3.58. The van der Waals surface area contributed by atoms with Gasteiger partial charge in [0, 0.05) is 25.6 Å². The predicted molar refractivity (Wildman–Crippen MR) is 94.2 cm³/mol. The molecule has 8 nitrogen and oxygen atoms in total. The van der Waals surface area contributed by atoms with Gasteiger partial charge in [0.05, 0.1) is 24.0 Å². The second kappa shape index (κ2) is 5.68. The fourth-order valence-corrected chi connectivity index (χ4v) is 5.77. The Hall–Kier alpha value is -2.13. The van der Waals surface area contributed by atoms with Gasteiger partial charge in [-0.15, -0.1) is 0 Å². The van der Waals surface area contributed by atoms with Gasteiger partial charge >= 0.3 is 6.09 Å². The second-order valence-electron chi connectivity index (χ2n) is 7.79. The van der Waals surface area contributed by atoms with E-state index in [9.17, 15) is 18.0 Å². The highest BCUT2D eigenvalue weighted by Gasteiger charge is 2.63. The zero-order chi connectivity index (χ0) is 18.8. The van der Waals surface area contributed by atoms with Crippen LogP contribution in [0.4, 0.5) is 4.79 Å². The van der Waals surface area contributed by atoms with E-state index in [1.54, 1.807) is 40.1 Å². The van der Waals surface area contributed by atoms with Crippen LogP contribution in [0.2, 0.25) is 0 Å². The molecule has 5 rings (SSSR count). The first kappa shape index (κ1) is 17.0. The molecule has 0 N–H and O–H groups in total. The van der Waals surface area contributed by atoms with Crippen molar-refractivity contribution >= 4 is 22.0 Å². The minimum absolute atomic E-state index is 0.122. The van der Waals surface area contributed by atoms with Gasteiger partial charge in [0.25, 0.3) is 0 Å². The molecule has 1 spiro atoms. The van der Waals surface area contributed by atoms with Crippen LogP contribution in [0.5, 0.6) is 0 Å². The third-order valence-electron chi connectivity index (χ3n) is 6.01. The van der Waals surface area contributed by atoms with E-state index in [4.69, 9.17) is 4.74 Å². The minimum Gasteiger partial charge on any atom is -0.437 e. The Bertz CT molecular complexity index is 893. The van der Waals surface area contributed by atoms with Gasteiger partial charge in [0.2, 0.25) is 15.9 Å². The van der Waals surface area contributed by atoms with Crippen LogP contribution in [-0.4, -0.2) is 78.9 Å². The van der Waals surface area contributed by atoms with E-state index in [0.717, 1.165) is 12.8 Å². The molecule has 27 heavy (non-hydrogen) atoms. The summed E-state index contributed by atoms with van der Waals surface area (Å²) in [5, 5.41) is 0. The fraction of sp³-hybridized carbons (Fsp3) is 0.556. The number of benzene rings is 1. The summed E-state index contributed by atoms with van der Waals surface area (Å²) in [6, 6.07) is 7.95. The average Bonchev–Trinajstić information content (AvgIpc) is 3.45. The van der Waals surface area contributed by atoms with Crippen molar-refractivity contribution in [2.75, 3.05) is 32.7 Å². The molecule has 3 aliphatic heterocycles. The summed E-state index contributed by atoms with van der Waals surface area (Å²) in [5.74, 6) is 0.247. The van der Waals surface area contributed by atoms with E-state index < -0.39 is 21.7 Å². The van der Waals surface area contributed by atoms with Gasteiger partial charge in [-0.25, -0.2) is 13.2 Å². The van der Waals surface area contributed by atoms with E-state index in [2.05, 4.69) is 0 Å². The zero-order valence-corrected chi connectivity index (χ0v) is 15.6. The Balaban J connectivity index is 1.36. The molecule has 3 heterocycles. The molecule has 1 atom stereocenters. The second-order valence-corrected chi connectivity index (χ2v) is 9.72. The highest BCUT2D eigenvalue weighted by atomic mass is 32.2. The summed E-state index contributed by atoms with van der Waals surface area (Å²) in [6.45, 7) is 1.44. The van der Waals surface area contributed by atoms with Crippen molar-refractivity contribution < 1.29 is 22.7 Å². The number of hydrogen-bond donors (Lipinski definition) is 0. The van der Waals surface area contributed by atoms with Crippen LogP contribution in [0.15, 0.2) is 35.2 Å². The largest absolute Gasteiger partial charge is 0.437 e. The molecule has 4 fully saturated rings. The van der Waals surface area contributed by atoms with E-state index >= 15 is 0 Å². The maximum Gasteiger partial charge on any atom is 0.411 e. The van der Waals surface area contributed by atoms with E-state index in [1.165, 1.54) is 4.31 Å². The molecule has 9 heteroatoms. The van der Waals surface area contributed by atoms with Gasteiger partial charge in [-0.1, -0.05) is 18.2 Å². The Morgan fingerprint density at radius 1 is 1.11 bits per heavy atom. The molecule has 144 valence electrons. The van der Waals surface area contributed by atoms with Crippen LogP contribution in [-0.2, 0) is 19.6 Å². The first-order valence-corrected chi connectivity index (χ1v) is 10.7. The summed E-state index contributed by atoms with van der Waals surface area (Å²) in [6.07, 6.45) is 1.46. The lowest BCUT2D eigenvalue weighted by molar-refractivity contribution is -0.156. The maximum atomic E-state index is 13.0. The van der Waals surface area contributed by atoms with Gasteiger partial charge in [0.1, 0.15) is 0 Å². The van der Waals surface area contributed by atoms with Crippen LogP contribution in [0.25, 0.3) is 0 Å². The van der Waals surface area contributed by atoms with Crippen molar-refractivity contribution in [1.82, 2.24) is 14.1 Å². The zero-order valence-electron chi connectivity index (χ0n) is 14.8. The number of piperazine rings is 1. The quantitative estimate of drug-likeness (QED) is 0.749. The number of hydrogen-bond acceptors (Lipinski definition) is 5. The van der Waals surface area contributed by atoms with Gasteiger partial charge in [-0.2, -0.15) is 4.31 Å². The third kappa shape index (κ3) is 2.55. The molecule has 2 amide bonds. The van der Waals surface area contributed by atoms with Crippen molar-refractivity contribution in [3.63, 3.8) is 0 Å². The minimum atomic E-state index is -3.63. The SMILES string of the molecule is O=C(C1CC1)N1CC2(C1)OC(=O)N1CCN(S(=O)(=O)c3ccccc3)CC12. The van der Waals surface area contributed by atoms with E-state index in [0.29, 0.717) is 19.6 Å². The molecule has 3 saturated heterocycles. The Labute approximate surface area is 157 Å². The summed E-state index contributed by atoms with van der Waals surface area (Å²) >= 11 is 0. The number of fused-ring (bicyclic) bond motifs is 2. The van der Waals surface area contributed by atoms with E-state index in [1.807, 2.05) is 0 Å². The molecule has 0 radical (unpaired) electrons. The number of ether oxygens (including phenoxy) is 1. The fourth-order valence-electron chi connectivity index (χ4n) is 4.31. The van der Waals surface area contributed by atoms with E-state index in [-0.39, 0.29) is 35.9 Å². The number of carbonyl (C=O) groups excluding carboxylic acids is 2. The topological polar surface area (TPSA) is 87.2 Å². The first-order chi connectivity index (χ1) is 12.9. The Morgan fingerprint density at radius 3 is 2.48 bits per heavy atom. The highest BCUT2D eigenvalue weighted by Crippen LogP contribution is 2.42. The number of sulfonamides is 1. The number of nitrogens with zero attached hydrogens (tertiary/aromatic N) is 3. The molecule has 0 aromatic heterocycles. The van der Waals surface area contributed by atoms with Crippen molar-refractivity contribution in [2.24, 2.45) is 5.92 Å². The Morgan fingerprint density at radius 2 is 1.81 bits per heavy atom. The molecular weight excluding hydrogens is 370 g/mol. The smallest absolute Gasteiger partial charge is 0.411 e. The summed E-state index contributed by atoms with van der Waals surface area (Å²) in [5.41, 5.74) is -0.785. The summed E-state index contributed by atoms with van der Waals surface area (Å²) in [7, 11) is -3.63. The van der Waals surface area contributed by atoms with Gasteiger partial charge in [-0.3, -0.25) is 9.69 Å². The number of carbonyl (C=O) groups is 2. The number of rotatable bonds is 3. The molecule has 1 aromatic rings. The first-order valence-electron chi connectivity index (χ1n) is 9.24. The monoisotopic (exact) mass is 391 g/mol. The molecule has 1 aromatic carbocycles. The van der Waals surface area contributed by atoms with Gasteiger partial charge in [0.15, 0.2) is 5.60 Å². The molecule has 1 aliphatic carbocycles. The van der Waals surface area contributed by atoms with Crippen molar-refractivity contribution in [2.45, 2.75) is 29.4 Å². The summed E-state index contributed by atoms with van der Waals surface area (Å²) < 4.78 is 33.0. The standard InChI is InChI=1S/C18H21N3O5S/c22-16(13-6-7-13)19-11-18(12-19)15-10-20(8-9-21(15)17(23)26-18)27(24,25)14-4-2-1-3-5-14/h1-5,13,15H,6-12H2. The van der Waals surface area contributed by atoms with Crippen molar-refractivity contribution in [3.05, 3.63) is 30.3 Å². The predicted octanol–water partition coefficient (Wildman–Crippen LogP) is 0.503. The van der Waals surface area contributed by atoms with Crippen LogP contribution in [0.3, 0.4) is 0 Å². The van der Waals surface area contributed by atoms with Crippen LogP contribution < -0.4 is 0 Å². The van der Waals surface area contributed by atoms with Gasteiger partial charge < -0.3 is 9.64 Å². The number of likely N-dealkylation sites (tertiary alicyclic amines) is 1. The average molecular weight is 391 g/mol.